The summed E-state index contributed by atoms with van der Waals surface area (Å²) in [5.41, 5.74) is 9.07. The van der Waals surface area contributed by atoms with Gasteiger partial charge in [0.05, 0.1) is 5.52 Å². The summed E-state index contributed by atoms with van der Waals surface area (Å²) in [6, 6.07) is 4.61. The van der Waals surface area contributed by atoms with Crippen LogP contribution in [0.2, 0.25) is 0 Å². The Kier molecular flexibility index (Phi) is 1.83. The van der Waals surface area contributed by atoms with Crippen LogP contribution >= 0.6 is 0 Å². The van der Waals surface area contributed by atoms with Crippen molar-refractivity contribution < 1.29 is 4.39 Å². The molecule has 14 heavy (non-hydrogen) atoms. The largest absolute Gasteiger partial charge is 0.326 e. The summed E-state index contributed by atoms with van der Waals surface area (Å²) in [6.45, 7) is 0. The molecule has 1 heterocycles. The van der Waals surface area contributed by atoms with Gasteiger partial charge < -0.3 is 4.57 Å². The van der Waals surface area contributed by atoms with Gasteiger partial charge in [0.15, 0.2) is 11.8 Å². The van der Waals surface area contributed by atoms with E-state index in [1.165, 1.54) is 10.6 Å². The van der Waals surface area contributed by atoms with Crippen molar-refractivity contribution in [2.75, 3.05) is 0 Å². The molecule has 1 aromatic carbocycles. The van der Waals surface area contributed by atoms with Crippen molar-refractivity contribution in [2.24, 2.45) is 12.2 Å². The highest BCUT2D eigenvalue weighted by Crippen LogP contribution is 2.22. The Labute approximate surface area is 78.4 Å². The molecule has 2 rings (SSSR count). The van der Waals surface area contributed by atoms with E-state index in [0.717, 1.165) is 0 Å². The summed E-state index contributed by atoms with van der Waals surface area (Å²) in [7, 11) is 1.67. The third-order valence-electron chi connectivity index (χ3n) is 1.97. The fourth-order valence-corrected chi connectivity index (χ4v) is 1.30. The van der Waals surface area contributed by atoms with Crippen LogP contribution in [0.4, 0.5) is 10.3 Å². The van der Waals surface area contributed by atoms with Crippen molar-refractivity contribution >= 4 is 17.0 Å². The van der Waals surface area contributed by atoms with E-state index in [-0.39, 0.29) is 11.5 Å². The van der Waals surface area contributed by atoms with Crippen LogP contribution in [0.15, 0.2) is 23.3 Å². The number of hydrogen-bond donors (Lipinski definition) is 0. The summed E-state index contributed by atoms with van der Waals surface area (Å²) in [5, 5.41) is 3.35. The average Bonchev–Trinajstić information content (AvgIpc) is 2.48. The van der Waals surface area contributed by atoms with Crippen LogP contribution in [-0.2, 0) is 7.05 Å². The van der Waals surface area contributed by atoms with Crippen molar-refractivity contribution in [2.45, 2.75) is 0 Å². The van der Waals surface area contributed by atoms with Crippen LogP contribution in [0, 0.1) is 5.82 Å². The predicted octanol–water partition coefficient (Wildman–Crippen LogP) is 2.65. The van der Waals surface area contributed by atoms with Gasteiger partial charge in [-0.3, -0.25) is 0 Å². The van der Waals surface area contributed by atoms with Gasteiger partial charge in [0.25, 0.3) is 0 Å². The number of para-hydroxylation sites is 1. The van der Waals surface area contributed by atoms with Gasteiger partial charge in [-0.15, -0.1) is 0 Å². The maximum atomic E-state index is 13.2. The Hall–Kier alpha value is -2.07. The highest BCUT2D eigenvalue weighted by Gasteiger charge is 2.08. The predicted molar refractivity (Wildman–Crippen MR) is 49.5 cm³/mol. The number of imidazole rings is 1. The molecule has 6 heteroatoms. The molecule has 0 saturated heterocycles. The number of hydrogen-bond acceptors (Lipinski definition) is 2. The number of rotatable bonds is 1. The zero-order valence-corrected chi connectivity index (χ0v) is 7.35. The lowest BCUT2D eigenvalue weighted by atomic mass is 10.3. The molecule has 0 unspecified atom stereocenters. The first-order valence-electron chi connectivity index (χ1n) is 3.90. The summed E-state index contributed by atoms with van der Waals surface area (Å²) >= 11 is 0. The van der Waals surface area contributed by atoms with E-state index in [2.05, 4.69) is 15.0 Å². The molecule has 0 bridgehead atoms. The first-order chi connectivity index (χ1) is 6.74. The molecule has 0 aliphatic heterocycles. The molecule has 0 spiro atoms. The van der Waals surface area contributed by atoms with Gasteiger partial charge in [-0.25, -0.2) is 9.37 Å². The van der Waals surface area contributed by atoms with E-state index < -0.39 is 5.82 Å². The number of aryl methyl sites for hydroxylation is 1. The highest BCUT2D eigenvalue weighted by atomic mass is 19.1. The monoisotopic (exact) mass is 191 g/mol. The highest BCUT2D eigenvalue weighted by molar-refractivity contribution is 5.78. The molecule has 0 fully saturated rings. The summed E-state index contributed by atoms with van der Waals surface area (Å²) in [4.78, 5) is 6.48. The fraction of sp³-hybridized carbons (Fsp3) is 0.125. The number of aromatic nitrogens is 2. The molecule has 2 aromatic rings. The van der Waals surface area contributed by atoms with E-state index in [9.17, 15) is 4.39 Å². The lowest BCUT2D eigenvalue weighted by Gasteiger charge is -1.94. The first-order valence-corrected chi connectivity index (χ1v) is 3.90. The molecular weight excluding hydrogens is 185 g/mol. The van der Waals surface area contributed by atoms with E-state index in [0.29, 0.717) is 5.52 Å². The Morgan fingerprint density at radius 2 is 2.36 bits per heavy atom. The van der Waals surface area contributed by atoms with Gasteiger partial charge in [-0.1, -0.05) is 6.07 Å². The third-order valence-corrected chi connectivity index (χ3v) is 1.97. The SMILES string of the molecule is Cn1c(N=[N+]=[N-])nc2c(F)cccc21. The minimum atomic E-state index is -0.419. The Bertz CT molecular complexity index is 538. The molecule has 0 radical (unpaired) electrons. The number of halogens is 1. The maximum Gasteiger partial charge on any atom is 0.197 e. The summed E-state index contributed by atoms with van der Waals surface area (Å²) in [6.07, 6.45) is 0. The lowest BCUT2D eigenvalue weighted by Crippen LogP contribution is -1.85. The van der Waals surface area contributed by atoms with Crippen molar-refractivity contribution in [1.29, 1.82) is 0 Å². The van der Waals surface area contributed by atoms with E-state index in [1.54, 1.807) is 19.2 Å². The van der Waals surface area contributed by atoms with E-state index in [4.69, 9.17) is 5.53 Å². The van der Waals surface area contributed by atoms with Crippen LogP contribution in [-0.4, -0.2) is 9.55 Å². The van der Waals surface area contributed by atoms with Crippen LogP contribution in [0.25, 0.3) is 21.5 Å². The van der Waals surface area contributed by atoms with Crippen LogP contribution in [0.5, 0.6) is 0 Å². The molecule has 70 valence electrons. The van der Waals surface area contributed by atoms with Crippen LogP contribution in [0.3, 0.4) is 0 Å². The molecule has 0 aliphatic rings. The average molecular weight is 191 g/mol. The second-order valence-corrected chi connectivity index (χ2v) is 2.77. The Morgan fingerprint density at radius 1 is 1.57 bits per heavy atom. The topological polar surface area (TPSA) is 66.6 Å². The maximum absolute atomic E-state index is 13.2. The quantitative estimate of drug-likeness (QED) is 0.388. The Morgan fingerprint density at radius 3 is 3.00 bits per heavy atom. The van der Waals surface area contributed by atoms with Gasteiger partial charge in [-0.05, 0) is 22.8 Å². The minimum Gasteiger partial charge on any atom is -0.326 e. The van der Waals surface area contributed by atoms with Crippen molar-refractivity contribution in [3.63, 3.8) is 0 Å². The van der Waals surface area contributed by atoms with E-state index >= 15 is 0 Å². The first kappa shape index (κ1) is 8.52. The van der Waals surface area contributed by atoms with Crippen molar-refractivity contribution in [1.82, 2.24) is 9.55 Å². The third kappa shape index (κ3) is 1.09. The summed E-state index contributed by atoms with van der Waals surface area (Å²) in [5.74, 6) is -0.259. The van der Waals surface area contributed by atoms with Gasteiger partial charge in [0, 0.05) is 12.0 Å². The van der Waals surface area contributed by atoms with Crippen LogP contribution in [0.1, 0.15) is 0 Å². The Balaban J connectivity index is 2.85. The molecule has 0 amide bonds. The minimum absolute atomic E-state index is 0.160. The molecule has 0 N–H and O–H groups in total. The molecule has 0 saturated carbocycles. The molecule has 1 aromatic heterocycles. The number of nitrogens with zero attached hydrogens (tertiary/aromatic N) is 5. The lowest BCUT2D eigenvalue weighted by molar-refractivity contribution is 0.637. The smallest absolute Gasteiger partial charge is 0.197 e. The van der Waals surface area contributed by atoms with E-state index in [1.807, 2.05) is 0 Å². The number of benzene rings is 1. The fourth-order valence-electron chi connectivity index (χ4n) is 1.30. The summed E-state index contributed by atoms with van der Waals surface area (Å²) < 4.78 is 14.7. The van der Waals surface area contributed by atoms with Gasteiger partial charge >= 0.3 is 0 Å². The normalized spacial score (nSPS) is 10.1. The molecular formula is C8H6FN5. The van der Waals surface area contributed by atoms with Gasteiger partial charge in [0.1, 0.15) is 5.52 Å². The standard InChI is InChI=1S/C8H6FN5/c1-14-6-4-2-3-5(9)7(6)11-8(14)12-13-10/h2-4H,1H3. The molecule has 5 nitrogen and oxygen atoms in total. The van der Waals surface area contributed by atoms with Crippen LogP contribution < -0.4 is 0 Å². The van der Waals surface area contributed by atoms with Crippen molar-refractivity contribution in [3.8, 4) is 0 Å². The second kappa shape index (κ2) is 3.01. The van der Waals surface area contributed by atoms with Gasteiger partial charge in [-0.2, -0.15) is 0 Å². The van der Waals surface area contributed by atoms with Crippen molar-refractivity contribution in [3.05, 3.63) is 34.5 Å². The van der Waals surface area contributed by atoms with Gasteiger partial charge in [0.2, 0.25) is 0 Å². The zero-order chi connectivity index (χ0) is 10.1. The molecule has 0 aliphatic carbocycles. The molecule has 0 atom stereocenters. The second-order valence-electron chi connectivity index (χ2n) is 2.77. The zero-order valence-electron chi connectivity index (χ0n) is 7.35. The number of azide groups is 1. The number of fused-ring (bicyclic) bond motifs is 1.